The molecule has 1 aromatic carbocycles. The quantitative estimate of drug-likeness (QED) is 0.925. The average molecular weight is 299 g/mol. The Morgan fingerprint density at radius 3 is 2.64 bits per heavy atom. The van der Waals surface area contributed by atoms with Gasteiger partial charge >= 0.3 is 6.09 Å². The molecule has 0 saturated heterocycles. The van der Waals surface area contributed by atoms with Crippen LogP contribution in [0.15, 0.2) is 42.7 Å². The molecule has 1 amide bonds. The van der Waals surface area contributed by atoms with Crippen LogP contribution in [0, 0.1) is 5.82 Å². The molecule has 0 spiro atoms. The van der Waals surface area contributed by atoms with E-state index in [9.17, 15) is 9.18 Å². The summed E-state index contributed by atoms with van der Waals surface area (Å²) < 4.78 is 14.3. The lowest BCUT2D eigenvalue weighted by atomic mass is 9.98. The van der Waals surface area contributed by atoms with Crippen molar-refractivity contribution in [1.82, 2.24) is 14.9 Å². The highest BCUT2D eigenvalue weighted by molar-refractivity contribution is 5.72. The summed E-state index contributed by atoms with van der Waals surface area (Å²) in [5, 5.41) is 8.92. The van der Waals surface area contributed by atoms with Crippen molar-refractivity contribution >= 4 is 11.7 Å². The normalized spacial score (nSPS) is 14.6. The number of aromatic nitrogens is 2. The molecule has 112 valence electrons. The molecular weight excluding hydrogens is 285 g/mol. The zero-order chi connectivity index (χ0) is 15.5. The Labute approximate surface area is 126 Å². The minimum Gasteiger partial charge on any atom is -0.465 e. The molecule has 3 rings (SSSR count). The second-order valence-electron chi connectivity index (χ2n) is 4.97. The van der Waals surface area contributed by atoms with Crippen LogP contribution in [-0.2, 0) is 0 Å². The predicted molar refractivity (Wildman–Crippen MR) is 79.6 cm³/mol. The highest BCUT2D eigenvalue weighted by Gasteiger charge is 2.17. The van der Waals surface area contributed by atoms with E-state index in [4.69, 9.17) is 5.11 Å². The van der Waals surface area contributed by atoms with Gasteiger partial charge in [0.25, 0.3) is 0 Å². The van der Waals surface area contributed by atoms with Gasteiger partial charge in [-0.15, -0.1) is 0 Å². The zero-order valence-corrected chi connectivity index (χ0v) is 11.7. The third-order valence-electron chi connectivity index (χ3n) is 3.63. The Bertz CT molecular complexity index is 731. The van der Waals surface area contributed by atoms with Gasteiger partial charge in [-0.05, 0) is 35.8 Å². The first kappa shape index (κ1) is 14.2. The molecule has 22 heavy (non-hydrogen) atoms. The molecule has 1 aromatic heterocycles. The number of nitrogens with zero attached hydrogens (tertiary/aromatic N) is 3. The number of hydrogen-bond acceptors (Lipinski definition) is 3. The Kier molecular flexibility index (Phi) is 3.82. The fraction of sp³-hybridized carbons (Fsp3) is 0.188. The summed E-state index contributed by atoms with van der Waals surface area (Å²) in [5.41, 5.74) is 2.08. The van der Waals surface area contributed by atoms with Gasteiger partial charge < -0.3 is 10.0 Å². The third kappa shape index (κ3) is 2.81. The predicted octanol–water partition coefficient (Wildman–Crippen LogP) is 3.05. The van der Waals surface area contributed by atoms with Crippen LogP contribution in [0.5, 0.6) is 0 Å². The van der Waals surface area contributed by atoms with Crippen molar-refractivity contribution in [2.75, 3.05) is 13.1 Å². The summed E-state index contributed by atoms with van der Waals surface area (Å²) in [6, 6.07) is 6.60. The average Bonchev–Trinajstić information content (AvgIpc) is 2.55. The third-order valence-corrected chi connectivity index (χ3v) is 3.63. The van der Waals surface area contributed by atoms with Crippen LogP contribution in [-0.4, -0.2) is 39.2 Å². The second kappa shape index (κ2) is 5.93. The first-order valence-electron chi connectivity index (χ1n) is 6.89. The molecule has 1 aliphatic rings. The molecular formula is C16H14FN3O2. The van der Waals surface area contributed by atoms with E-state index in [1.165, 1.54) is 11.0 Å². The summed E-state index contributed by atoms with van der Waals surface area (Å²) in [7, 11) is 0. The van der Waals surface area contributed by atoms with Crippen molar-refractivity contribution < 1.29 is 14.3 Å². The molecule has 0 aliphatic carbocycles. The first-order chi connectivity index (χ1) is 10.6. The lowest BCUT2D eigenvalue weighted by Gasteiger charge is -2.23. The molecule has 6 heteroatoms. The van der Waals surface area contributed by atoms with E-state index in [1.807, 2.05) is 12.1 Å². The summed E-state index contributed by atoms with van der Waals surface area (Å²) in [6.07, 6.45) is 4.61. The number of halogens is 1. The molecule has 2 aromatic rings. The van der Waals surface area contributed by atoms with Crippen molar-refractivity contribution in [3.8, 4) is 11.4 Å². The molecule has 1 N–H and O–H groups in total. The van der Waals surface area contributed by atoms with Gasteiger partial charge in [0.2, 0.25) is 0 Å². The second-order valence-corrected chi connectivity index (χ2v) is 4.97. The van der Waals surface area contributed by atoms with Crippen molar-refractivity contribution in [2.24, 2.45) is 0 Å². The van der Waals surface area contributed by atoms with Gasteiger partial charge in [-0.3, -0.25) is 0 Å². The van der Waals surface area contributed by atoms with Crippen LogP contribution < -0.4 is 0 Å². The van der Waals surface area contributed by atoms with Crippen molar-refractivity contribution in [2.45, 2.75) is 6.42 Å². The van der Waals surface area contributed by atoms with E-state index in [0.29, 0.717) is 30.9 Å². The highest BCUT2D eigenvalue weighted by Crippen LogP contribution is 2.27. The Hall–Kier alpha value is -2.76. The van der Waals surface area contributed by atoms with Crippen LogP contribution in [0.25, 0.3) is 17.0 Å². The fourth-order valence-electron chi connectivity index (χ4n) is 2.44. The monoisotopic (exact) mass is 299 g/mol. The van der Waals surface area contributed by atoms with E-state index in [1.54, 1.807) is 24.5 Å². The van der Waals surface area contributed by atoms with Gasteiger partial charge in [0.05, 0.1) is 5.56 Å². The first-order valence-corrected chi connectivity index (χ1v) is 6.89. The smallest absolute Gasteiger partial charge is 0.407 e. The van der Waals surface area contributed by atoms with E-state index >= 15 is 0 Å². The van der Waals surface area contributed by atoms with E-state index in [-0.39, 0.29) is 5.82 Å². The van der Waals surface area contributed by atoms with Gasteiger partial charge in [0.1, 0.15) is 5.82 Å². The van der Waals surface area contributed by atoms with Gasteiger partial charge in [0.15, 0.2) is 5.82 Å². The maximum Gasteiger partial charge on any atom is 0.407 e. The van der Waals surface area contributed by atoms with Crippen molar-refractivity contribution in [1.29, 1.82) is 0 Å². The summed E-state index contributed by atoms with van der Waals surface area (Å²) in [5.74, 6) is -0.0357. The van der Waals surface area contributed by atoms with Crippen molar-refractivity contribution in [3.05, 3.63) is 54.1 Å². The number of carboxylic acid groups (broad SMARTS) is 1. The number of benzene rings is 1. The molecule has 0 fully saturated rings. The SMILES string of the molecule is O=C(O)N1CC=C(c2ccc(-c3ncccn3)c(F)c2)CC1. The highest BCUT2D eigenvalue weighted by atomic mass is 19.1. The zero-order valence-electron chi connectivity index (χ0n) is 11.7. The van der Waals surface area contributed by atoms with E-state index in [2.05, 4.69) is 9.97 Å². The molecule has 0 radical (unpaired) electrons. The molecule has 0 atom stereocenters. The van der Waals surface area contributed by atoms with Gasteiger partial charge in [-0.25, -0.2) is 19.2 Å². The lowest BCUT2D eigenvalue weighted by Crippen LogP contribution is -2.33. The minimum atomic E-state index is -0.932. The largest absolute Gasteiger partial charge is 0.465 e. The Morgan fingerprint density at radius 2 is 2.05 bits per heavy atom. The number of rotatable bonds is 2. The summed E-state index contributed by atoms with van der Waals surface area (Å²) in [6.45, 7) is 0.752. The molecule has 0 saturated carbocycles. The number of hydrogen-bond donors (Lipinski definition) is 1. The van der Waals surface area contributed by atoms with Crippen LogP contribution in [0.2, 0.25) is 0 Å². The standard InChI is InChI=1S/C16H14FN3O2/c17-14-10-12(11-4-8-20(9-5-11)16(21)22)2-3-13(14)15-18-6-1-7-19-15/h1-4,6-7,10H,5,8-9H2,(H,21,22). The fourth-order valence-corrected chi connectivity index (χ4v) is 2.44. The molecule has 2 heterocycles. The van der Waals surface area contributed by atoms with Gasteiger partial charge in [-0.1, -0.05) is 12.1 Å². The number of amides is 1. The van der Waals surface area contributed by atoms with Crippen molar-refractivity contribution in [3.63, 3.8) is 0 Å². The van der Waals surface area contributed by atoms with Crippen LogP contribution in [0.3, 0.4) is 0 Å². The molecule has 5 nitrogen and oxygen atoms in total. The van der Waals surface area contributed by atoms with Gasteiger partial charge in [-0.2, -0.15) is 0 Å². The number of carbonyl (C=O) groups is 1. The van der Waals surface area contributed by atoms with Crippen LogP contribution >= 0.6 is 0 Å². The van der Waals surface area contributed by atoms with Crippen LogP contribution in [0.1, 0.15) is 12.0 Å². The summed E-state index contributed by atoms with van der Waals surface area (Å²) in [4.78, 5) is 20.3. The van der Waals surface area contributed by atoms with E-state index < -0.39 is 6.09 Å². The Morgan fingerprint density at radius 1 is 1.27 bits per heavy atom. The lowest BCUT2D eigenvalue weighted by molar-refractivity contribution is 0.150. The Balaban J connectivity index is 1.86. The van der Waals surface area contributed by atoms with Gasteiger partial charge in [0, 0.05) is 25.5 Å². The molecule has 1 aliphatic heterocycles. The maximum atomic E-state index is 14.3. The minimum absolute atomic E-state index is 0.329. The molecule has 0 unspecified atom stereocenters. The maximum absolute atomic E-state index is 14.3. The van der Waals surface area contributed by atoms with Crippen LogP contribution in [0.4, 0.5) is 9.18 Å². The topological polar surface area (TPSA) is 66.3 Å². The van der Waals surface area contributed by atoms with E-state index in [0.717, 1.165) is 11.1 Å². The molecule has 0 bridgehead atoms. The summed E-state index contributed by atoms with van der Waals surface area (Å²) >= 11 is 0.